The van der Waals surface area contributed by atoms with Crippen LogP contribution in [-0.2, 0) is 27.4 Å². The zero-order chi connectivity index (χ0) is 22.9. The topological polar surface area (TPSA) is 86.6 Å². The van der Waals surface area contributed by atoms with Gasteiger partial charge in [0, 0.05) is 0 Å². The predicted molar refractivity (Wildman–Crippen MR) is 123 cm³/mol. The van der Waals surface area contributed by atoms with Crippen molar-refractivity contribution in [1.29, 1.82) is 0 Å². The molecule has 1 aliphatic heterocycles. The standard InChI is InChI=1S/C24H32O7S/c1-4-32-24-23(30-15-17-7-11-19(28-3)12-8-17)22(21(26)20(13-25)31-24)29-14-16-5-9-18(27-2)10-6-16/h5-12,20-26H,4,13-15H2,1-3H3/t20-,21+,22+,23-,24+/m1/s1. The van der Waals surface area contributed by atoms with Crippen LogP contribution in [0.4, 0.5) is 0 Å². The maximum absolute atomic E-state index is 10.9. The van der Waals surface area contributed by atoms with Crippen molar-refractivity contribution in [3.05, 3.63) is 59.7 Å². The van der Waals surface area contributed by atoms with Crippen molar-refractivity contribution in [2.75, 3.05) is 26.6 Å². The molecule has 0 aromatic heterocycles. The van der Waals surface area contributed by atoms with Gasteiger partial charge < -0.3 is 33.9 Å². The number of thioether (sulfide) groups is 1. The minimum atomic E-state index is -1.02. The van der Waals surface area contributed by atoms with Gasteiger partial charge in [-0.05, 0) is 41.1 Å². The number of aliphatic hydroxyl groups is 2. The fraction of sp³-hybridized carbons (Fsp3) is 0.500. The highest BCUT2D eigenvalue weighted by atomic mass is 32.2. The van der Waals surface area contributed by atoms with E-state index in [1.807, 2.05) is 55.5 Å². The number of hydrogen-bond acceptors (Lipinski definition) is 8. The summed E-state index contributed by atoms with van der Waals surface area (Å²) in [5.74, 6) is 2.34. The molecule has 1 heterocycles. The van der Waals surface area contributed by atoms with Gasteiger partial charge in [-0.1, -0.05) is 31.2 Å². The zero-order valence-electron chi connectivity index (χ0n) is 18.7. The van der Waals surface area contributed by atoms with Crippen LogP contribution in [0, 0.1) is 0 Å². The average molecular weight is 465 g/mol. The maximum Gasteiger partial charge on any atom is 0.132 e. The van der Waals surface area contributed by atoms with Gasteiger partial charge in [-0.2, -0.15) is 0 Å². The van der Waals surface area contributed by atoms with Crippen LogP contribution in [-0.4, -0.2) is 66.6 Å². The smallest absolute Gasteiger partial charge is 0.132 e. The summed E-state index contributed by atoms with van der Waals surface area (Å²) < 4.78 is 28.8. The summed E-state index contributed by atoms with van der Waals surface area (Å²) in [7, 11) is 3.25. The molecule has 0 radical (unpaired) electrons. The van der Waals surface area contributed by atoms with Crippen molar-refractivity contribution >= 4 is 11.8 Å². The molecule has 1 aliphatic rings. The van der Waals surface area contributed by atoms with E-state index in [4.69, 9.17) is 23.7 Å². The second kappa shape index (κ2) is 12.4. The van der Waals surface area contributed by atoms with Crippen LogP contribution < -0.4 is 9.47 Å². The Morgan fingerprint density at radius 2 is 1.34 bits per heavy atom. The summed E-state index contributed by atoms with van der Waals surface area (Å²) >= 11 is 1.57. The van der Waals surface area contributed by atoms with E-state index in [-0.39, 0.29) is 18.6 Å². The Kier molecular flexibility index (Phi) is 9.65. The predicted octanol–water partition coefficient (Wildman–Crippen LogP) is 3.01. The van der Waals surface area contributed by atoms with Gasteiger partial charge in [0.25, 0.3) is 0 Å². The summed E-state index contributed by atoms with van der Waals surface area (Å²) in [5.41, 5.74) is 1.54. The number of rotatable bonds is 11. The Hall–Kier alpha value is -1.81. The van der Waals surface area contributed by atoms with Crippen molar-refractivity contribution in [2.45, 2.75) is 50.0 Å². The molecule has 0 bridgehead atoms. The molecule has 0 spiro atoms. The van der Waals surface area contributed by atoms with Gasteiger partial charge in [0.05, 0.1) is 34.0 Å². The summed E-state index contributed by atoms with van der Waals surface area (Å²) in [5, 5.41) is 20.6. The minimum Gasteiger partial charge on any atom is -0.497 e. The molecule has 7 nitrogen and oxygen atoms in total. The van der Waals surface area contributed by atoms with Crippen LogP contribution in [0.15, 0.2) is 48.5 Å². The maximum atomic E-state index is 10.9. The normalized spacial score (nSPS) is 25.5. The van der Waals surface area contributed by atoms with Crippen molar-refractivity contribution in [3.8, 4) is 11.5 Å². The van der Waals surface area contributed by atoms with Gasteiger partial charge in [-0.3, -0.25) is 0 Å². The van der Waals surface area contributed by atoms with Crippen LogP contribution >= 0.6 is 11.8 Å². The molecule has 176 valence electrons. The van der Waals surface area contributed by atoms with Gasteiger partial charge >= 0.3 is 0 Å². The molecule has 1 fully saturated rings. The summed E-state index contributed by atoms with van der Waals surface area (Å²) in [6.45, 7) is 2.35. The molecule has 2 N–H and O–H groups in total. The monoisotopic (exact) mass is 464 g/mol. The molecule has 0 amide bonds. The first-order valence-electron chi connectivity index (χ1n) is 10.6. The van der Waals surface area contributed by atoms with Crippen molar-refractivity contribution < 1.29 is 33.9 Å². The summed E-state index contributed by atoms with van der Waals surface area (Å²) in [6.07, 6.45) is -2.93. The Bertz CT molecular complexity index is 747. The lowest BCUT2D eigenvalue weighted by Gasteiger charge is -2.43. The highest BCUT2D eigenvalue weighted by molar-refractivity contribution is 7.99. The van der Waals surface area contributed by atoms with Gasteiger partial charge in [-0.25, -0.2) is 0 Å². The molecule has 1 saturated heterocycles. The molecular weight excluding hydrogens is 432 g/mol. The zero-order valence-corrected chi connectivity index (χ0v) is 19.5. The van der Waals surface area contributed by atoms with Gasteiger partial charge in [-0.15, -0.1) is 11.8 Å². The third-order valence-corrected chi connectivity index (χ3v) is 6.37. The highest BCUT2D eigenvalue weighted by Crippen LogP contribution is 2.33. The minimum absolute atomic E-state index is 0.287. The summed E-state index contributed by atoms with van der Waals surface area (Å²) in [4.78, 5) is 0. The number of ether oxygens (including phenoxy) is 5. The lowest BCUT2D eigenvalue weighted by atomic mass is 9.99. The van der Waals surface area contributed by atoms with E-state index in [0.717, 1.165) is 28.4 Å². The first kappa shape index (κ1) is 24.8. The Balaban J connectivity index is 1.74. The summed E-state index contributed by atoms with van der Waals surface area (Å²) in [6, 6.07) is 15.2. The second-order valence-corrected chi connectivity index (χ2v) is 8.79. The molecule has 32 heavy (non-hydrogen) atoms. The molecular formula is C24H32O7S. The molecule has 0 aliphatic carbocycles. The van der Waals surface area contributed by atoms with E-state index in [2.05, 4.69) is 0 Å². The van der Waals surface area contributed by atoms with Crippen LogP contribution in [0.5, 0.6) is 11.5 Å². The first-order chi connectivity index (χ1) is 15.6. The van der Waals surface area contributed by atoms with Crippen LogP contribution in [0.2, 0.25) is 0 Å². The Morgan fingerprint density at radius 1 is 0.844 bits per heavy atom. The first-order valence-corrected chi connectivity index (χ1v) is 11.7. The lowest BCUT2D eigenvalue weighted by Crippen LogP contribution is -2.59. The third-order valence-electron chi connectivity index (χ3n) is 5.33. The molecule has 3 rings (SSSR count). The van der Waals surface area contributed by atoms with Gasteiger partial charge in [0.1, 0.15) is 41.4 Å². The van der Waals surface area contributed by atoms with Crippen LogP contribution in [0.3, 0.4) is 0 Å². The van der Waals surface area contributed by atoms with Crippen LogP contribution in [0.25, 0.3) is 0 Å². The molecule has 2 aromatic carbocycles. The fourth-order valence-corrected chi connectivity index (χ4v) is 4.51. The fourth-order valence-electron chi connectivity index (χ4n) is 3.54. The van der Waals surface area contributed by atoms with Crippen molar-refractivity contribution in [3.63, 3.8) is 0 Å². The largest absolute Gasteiger partial charge is 0.497 e. The quantitative estimate of drug-likeness (QED) is 0.525. The number of hydrogen-bond donors (Lipinski definition) is 2. The van der Waals surface area contributed by atoms with E-state index in [1.54, 1.807) is 26.0 Å². The van der Waals surface area contributed by atoms with Gasteiger partial charge in [0.2, 0.25) is 0 Å². The SMILES string of the molecule is CCS[C@@H]1O[C@H](CO)[C@H](O)[C@H](OCc2ccc(OC)cc2)[C@H]1OCc1ccc(OC)cc1. The Morgan fingerprint density at radius 3 is 1.78 bits per heavy atom. The number of methoxy groups -OCH3 is 2. The molecule has 8 heteroatoms. The lowest BCUT2D eigenvalue weighted by molar-refractivity contribution is -0.237. The van der Waals surface area contributed by atoms with Gasteiger partial charge in [0.15, 0.2) is 0 Å². The van der Waals surface area contributed by atoms with Crippen molar-refractivity contribution in [2.24, 2.45) is 0 Å². The number of benzene rings is 2. The molecule has 2 aromatic rings. The molecule has 5 atom stereocenters. The van der Waals surface area contributed by atoms with E-state index in [1.165, 1.54) is 0 Å². The highest BCUT2D eigenvalue weighted by Gasteiger charge is 2.46. The number of aliphatic hydroxyl groups excluding tert-OH is 2. The average Bonchev–Trinajstić information content (AvgIpc) is 2.84. The van der Waals surface area contributed by atoms with E-state index < -0.39 is 24.4 Å². The van der Waals surface area contributed by atoms with E-state index >= 15 is 0 Å². The molecule has 0 saturated carbocycles. The van der Waals surface area contributed by atoms with E-state index in [9.17, 15) is 10.2 Å². The Labute approximate surface area is 193 Å². The third kappa shape index (κ3) is 6.37. The van der Waals surface area contributed by atoms with E-state index in [0.29, 0.717) is 6.61 Å². The second-order valence-electron chi connectivity index (χ2n) is 7.42. The van der Waals surface area contributed by atoms with Crippen LogP contribution in [0.1, 0.15) is 18.1 Å². The molecule has 0 unspecified atom stereocenters. The van der Waals surface area contributed by atoms with Crippen molar-refractivity contribution in [1.82, 2.24) is 0 Å².